The highest BCUT2D eigenvalue weighted by Crippen LogP contribution is 2.16. The van der Waals surface area contributed by atoms with Gasteiger partial charge in [-0.3, -0.25) is 0 Å². The zero-order valence-corrected chi connectivity index (χ0v) is 9.17. The Bertz CT molecular complexity index is 271. The van der Waals surface area contributed by atoms with Crippen molar-refractivity contribution in [2.45, 2.75) is 13.8 Å². The lowest BCUT2D eigenvalue weighted by atomic mass is 10.3. The molecule has 0 bridgehead atoms. The number of hydrogen-bond donors (Lipinski definition) is 0. The third-order valence-electron chi connectivity index (χ3n) is 1.60. The van der Waals surface area contributed by atoms with Crippen LogP contribution in [0.2, 0.25) is 5.15 Å². The molecule has 0 aliphatic carbocycles. The van der Waals surface area contributed by atoms with Crippen LogP contribution in [0, 0.1) is 6.92 Å². The predicted molar refractivity (Wildman–Crippen MR) is 56.0 cm³/mol. The van der Waals surface area contributed by atoms with Crippen LogP contribution < -0.4 is 4.74 Å². The minimum atomic E-state index is 0.455. The maximum Gasteiger partial charge on any atom is 0.133 e. The molecule has 0 spiro atoms. The van der Waals surface area contributed by atoms with Gasteiger partial charge in [-0.25, -0.2) is 4.98 Å². The molecule has 0 atom stereocenters. The highest BCUT2D eigenvalue weighted by atomic mass is 35.5. The molecular weight excluding hydrogens is 202 g/mol. The fraction of sp³-hybridized carbons (Fsp3) is 0.500. The number of aromatic nitrogens is 1. The third kappa shape index (κ3) is 3.94. The summed E-state index contributed by atoms with van der Waals surface area (Å²) >= 11 is 5.77. The Hall–Kier alpha value is -0.800. The number of nitrogens with zero attached hydrogens (tertiary/aromatic N) is 1. The van der Waals surface area contributed by atoms with Gasteiger partial charge in [0.15, 0.2) is 0 Å². The fourth-order valence-corrected chi connectivity index (χ4v) is 1.28. The summed E-state index contributed by atoms with van der Waals surface area (Å²) in [5, 5.41) is 0.455. The van der Waals surface area contributed by atoms with Crippen LogP contribution in [0.25, 0.3) is 0 Å². The van der Waals surface area contributed by atoms with E-state index >= 15 is 0 Å². The number of pyridine rings is 1. The van der Waals surface area contributed by atoms with Crippen molar-refractivity contribution in [3.8, 4) is 5.75 Å². The second kappa shape index (κ2) is 5.83. The molecule has 0 aromatic carbocycles. The highest BCUT2D eigenvalue weighted by Gasteiger charge is 1.98. The third-order valence-corrected chi connectivity index (χ3v) is 1.79. The van der Waals surface area contributed by atoms with E-state index in [-0.39, 0.29) is 0 Å². The van der Waals surface area contributed by atoms with Gasteiger partial charge >= 0.3 is 0 Å². The molecule has 1 aromatic heterocycles. The molecule has 1 heterocycles. The minimum absolute atomic E-state index is 0.455. The first kappa shape index (κ1) is 11.3. The molecule has 1 aromatic rings. The highest BCUT2D eigenvalue weighted by molar-refractivity contribution is 6.29. The van der Waals surface area contributed by atoms with Crippen molar-refractivity contribution in [1.29, 1.82) is 0 Å². The van der Waals surface area contributed by atoms with E-state index in [0.717, 1.165) is 11.4 Å². The molecule has 0 fully saturated rings. The van der Waals surface area contributed by atoms with Crippen LogP contribution in [0.1, 0.15) is 12.6 Å². The average molecular weight is 216 g/mol. The summed E-state index contributed by atoms with van der Waals surface area (Å²) in [5.41, 5.74) is 0.851. The van der Waals surface area contributed by atoms with Crippen LogP contribution in [-0.4, -0.2) is 24.8 Å². The van der Waals surface area contributed by atoms with E-state index in [1.807, 2.05) is 19.9 Å². The summed E-state index contributed by atoms with van der Waals surface area (Å²) in [5.74, 6) is 0.738. The lowest BCUT2D eigenvalue weighted by molar-refractivity contribution is 0.110. The largest absolute Gasteiger partial charge is 0.491 e. The maximum atomic E-state index is 5.77. The fourth-order valence-electron chi connectivity index (χ4n) is 1.04. The van der Waals surface area contributed by atoms with E-state index in [4.69, 9.17) is 21.1 Å². The van der Waals surface area contributed by atoms with Crippen molar-refractivity contribution < 1.29 is 9.47 Å². The molecule has 0 radical (unpaired) electrons. The molecule has 0 aliphatic heterocycles. The van der Waals surface area contributed by atoms with Gasteiger partial charge in [-0.1, -0.05) is 11.6 Å². The molecule has 0 saturated heterocycles. The van der Waals surface area contributed by atoms with Crippen molar-refractivity contribution in [2.24, 2.45) is 0 Å². The summed E-state index contributed by atoms with van der Waals surface area (Å²) < 4.78 is 10.6. The molecule has 0 N–H and O–H groups in total. The second-order valence-corrected chi connectivity index (χ2v) is 3.20. The maximum absolute atomic E-state index is 5.77. The number of aryl methyl sites for hydroxylation is 1. The summed E-state index contributed by atoms with van der Waals surface area (Å²) in [6, 6.07) is 3.54. The van der Waals surface area contributed by atoms with E-state index in [2.05, 4.69) is 4.98 Å². The second-order valence-electron chi connectivity index (χ2n) is 2.81. The topological polar surface area (TPSA) is 31.4 Å². The van der Waals surface area contributed by atoms with Crippen molar-refractivity contribution in [1.82, 2.24) is 4.98 Å². The van der Waals surface area contributed by atoms with Crippen LogP contribution in [-0.2, 0) is 4.74 Å². The quantitative estimate of drug-likeness (QED) is 0.559. The van der Waals surface area contributed by atoms with Gasteiger partial charge in [-0.2, -0.15) is 0 Å². The zero-order valence-electron chi connectivity index (χ0n) is 8.42. The van der Waals surface area contributed by atoms with Gasteiger partial charge in [0.2, 0.25) is 0 Å². The van der Waals surface area contributed by atoms with Crippen molar-refractivity contribution >= 4 is 11.6 Å². The summed E-state index contributed by atoms with van der Waals surface area (Å²) in [6.45, 7) is 5.66. The molecule has 4 heteroatoms. The Morgan fingerprint density at radius 1 is 1.36 bits per heavy atom. The van der Waals surface area contributed by atoms with E-state index in [9.17, 15) is 0 Å². The first-order chi connectivity index (χ1) is 6.72. The van der Waals surface area contributed by atoms with E-state index < -0.39 is 0 Å². The molecule has 0 aliphatic rings. The van der Waals surface area contributed by atoms with E-state index in [0.29, 0.717) is 25.0 Å². The summed E-state index contributed by atoms with van der Waals surface area (Å²) in [7, 11) is 0. The lowest BCUT2D eigenvalue weighted by Crippen LogP contribution is -2.06. The van der Waals surface area contributed by atoms with Gasteiger partial charge in [-0.15, -0.1) is 0 Å². The van der Waals surface area contributed by atoms with Gasteiger partial charge in [-0.05, 0) is 13.8 Å². The Morgan fingerprint density at radius 2 is 2.14 bits per heavy atom. The van der Waals surface area contributed by atoms with Crippen molar-refractivity contribution in [3.05, 3.63) is 23.0 Å². The van der Waals surface area contributed by atoms with Crippen LogP contribution in [0.5, 0.6) is 5.75 Å². The average Bonchev–Trinajstić information content (AvgIpc) is 2.11. The van der Waals surface area contributed by atoms with Gasteiger partial charge in [0, 0.05) is 24.4 Å². The first-order valence-corrected chi connectivity index (χ1v) is 4.95. The molecule has 0 unspecified atom stereocenters. The number of rotatable bonds is 5. The minimum Gasteiger partial charge on any atom is -0.491 e. The monoisotopic (exact) mass is 215 g/mol. The molecule has 14 heavy (non-hydrogen) atoms. The molecule has 78 valence electrons. The van der Waals surface area contributed by atoms with Gasteiger partial charge in [0.05, 0.1) is 6.61 Å². The predicted octanol–water partition coefficient (Wildman–Crippen LogP) is 2.46. The van der Waals surface area contributed by atoms with Crippen LogP contribution in [0.3, 0.4) is 0 Å². The number of hydrogen-bond acceptors (Lipinski definition) is 3. The van der Waals surface area contributed by atoms with E-state index in [1.165, 1.54) is 0 Å². The molecule has 0 amide bonds. The van der Waals surface area contributed by atoms with Crippen molar-refractivity contribution in [2.75, 3.05) is 19.8 Å². The Kier molecular flexibility index (Phi) is 4.70. The lowest BCUT2D eigenvalue weighted by Gasteiger charge is -2.06. The standard InChI is InChI=1S/C10H14ClNO2/c1-3-13-4-5-14-9-6-8(2)12-10(11)7-9/h6-7H,3-5H2,1-2H3. The van der Waals surface area contributed by atoms with Gasteiger partial charge in [0.25, 0.3) is 0 Å². The molecular formula is C10H14ClNO2. The zero-order chi connectivity index (χ0) is 10.4. The van der Waals surface area contributed by atoms with Crippen molar-refractivity contribution in [3.63, 3.8) is 0 Å². The first-order valence-electron chi connectivity index (χ1n) is 4.57. The number of halogens is 1. The van der Waals surface area contributed by atoms with Gasteiger partial charge in [0.1, 0.15) is 17.5 Å². The smallest absolute Gasteiger partial charge is 0.133 e. The SMILES string of the molecule is CCOCCOc1cc(C)nc(Cl)c1. The summed E-state index contributed by atoms with van der Waals surface area (Å²) in [4.78, 5) is 4.03. The Balaban J connectivity index is 2.42. The summed E-state index contributed by atoms with van der Waals surface area (Å²) in [6.07, 6.45) is 0. The number of ether oxygens (including phenoxy) is 2. The normalized spacial score (nSPS) is 10.2. The Labute approximate surface area is 89.0 Å². The Morgan fingerprint density at radius 3 is 2.79 bits per heavy atom. The molecule has 0 saturated carbocycles. The van der Waals surface area contributed by atoms with Crippen LogP contribution in [0.15, 0.2) is 12.1 Å². The molecule has 1 rings (SSSR count). The van der Waals surface area contributed by atoms with E-state index in [1.54, 1.807) is 6.07 Å². The van der Waals surface area contributed by atoms with Crippen LogP contribution in [0.4, 0.5) is 0 Å². The van der Waals surface area contributed by atoms with Crippen LogP contribution >= 0.6 is 11.6 Å². The molecule has 3 nitrogen and oxygen atoms in total. The van der Waals surface area contributed by atoms with Gasteiger partial charge < -0.3 is 9.47 Å².